The van der Waals surface area contributed by atoms with Gasteiger partial charge in [0.05, 0.1) is 11.4 Å². The van der Waals surface area contributed by atoms with Gasteiger partial charge in [0.2, 0.25) is 11.7 Å². The van der Waals surface area contributed by atoms with E-state index in [0.717, 1.165) is 10.4 Å². The molecule has 4 heteroatoms. The smallest absolute Gasteiger partial charge is 0.228 e. The summed E-state index contributed by atoms with van der Waals surface area (Å²) in [7, 11) is 0. The van der Waals surface area contributed by atoms with Crippen molar-refractivity contribution in [3.05, 3.63) is 57.4 Å². The van der Waals surface area contributed by atoms with E-state index in [1.807, 2.05) is 36.6 Å². The standard InChI is InChI=1S/C16H13NO2S/c1-10-7-8-20-15(10)9-14-16(19)12-5-3-4-6-13(12)17(14)11(2)18/h3-9H,1-2H3. The Morgan fingerprint density at radius 1 is 1.25 bits per heavy atom. The Morgan fingerprint density at radius 2 is 2.00 bits per heavy atom. The Labute approximate surface area is 121 Å². The van der Waals surface area contributed by atoms with Crippen LogP contribution in [0.25, 0.3) is 6.08 Å². The van der Waals surface area contributed by atoms with Gasteiger partial charge < -0.3 is 0 Å². The van der Waals surface area contributed by atoms with E-state index < -0.39 is 0 Å². The van der Waals surface area contributed by atoms with Crippen molar-refractivity contribution in [2.45, 2.75) is 13.8 Å². The van der Waals surface area contributed by atoms with Crippen molar-refractivity contribution in [3.8, 4) is 0 Å². The first-order chi connectivity index (χ1) is 9.59. The van der Waals surface area contributed by atoms with Crippen LogP contribution < -0.4 is 4.90 Å². The number of Topliss-reactive ketones (excluding diaryl/α,β-unsaturated/α-hetero) is 1. The van der Waals surface area contributed by atoms with Crippen molar-refractivity contribution in [1.82, 2.24) is 0 Å². The zero-order valence-electron chi connectivity index (χ0n) is 11.2. The molecule has 0 spiro atoms. The summed E-state index contributed by atoms with van der Waals surface area (Å²) in [5, 5.41) is 1.98. The summed E-state index contributed by atoms with van der Waals surface area (Å²) in [4.78, 5) is 26.9. The topological polar surface area (TPSA) is 37.4 Å². The lowest BCUT2D eigenvalue weighted by atomic mass is 10.1. The van der Waals surface area contributed by atoms with Crippen LogP contribution in [0.2, 0.25) is 0 Å². The lowest BCUT2D eigenvalue weighted by molar-refractivity contribution is -0.116. The summed E-state index contributed by atoms with van der Waals surface area (Å²) >= 11 is 1.56. The number of hydrogen-bond donors (Lipinski definition) is 0. The molecule has 0 saturated heterocycles. The van der Waals surface area contributed by atoms with Crippen LogP contribution in [0, 0.1) is 6.92 Å². The number of anilines is 1. The second kappa shape index (κ2) is 4.72. The van der Waals surface area contributed by atoms with Gasteiger partial charge in [-0.1, -0.05) is 12.1 Å². The minimum absolute atomic E-state index is 0.0939. The highest BCUT2D eigenvalue weighted by Crippen LogP contribution is 2.36. The molecular weight excluding hydrogens is 270 g/mol. The molecule has 1 aromatic heterocycles. The third-order valence-electron chi connectivity index (χ3n) is 3.35. The summed E-state index contributed by atoms with van der Waals surface area (Å²) in [6.07, 6.45) is 1.81. The lowest BCUT2D eigenvalue weighted by Gasteiger charge is -2.15. The van der Waals surface area contributed by atoms with Crippen molar-refractivity contribution in [1.29, 1.82) is 0 Å². The molecule has 3 nitrogen and oxygen atoms in total. The molecule has 0 bridgehead atoms. The maximum absolute atomic E-state index is 12.5. The number of para-hydroxylation sites is 1. The molecule has 2 heterocycles. The summed E-state index contributed by atoms with van der Waals surface area (Å²) in [6, 6.07) is 9.21. The molecule has 0 fully saturated rings. The molecule has 0 saturated carbocycles. The minimum Gasteiger partial charge on any atom is -0.287 e. The molecule has 2 aromatic rings. The van der Waals surface area contributed by atoms with Crippen LogP contribution in [0.3, 0.4) is 0 Å². The average molecular weight is 283 g/mol. The van der Waals surface area contributed by atoms with Gasteiger partial charge >= 0.3 is 0 Å². The second-order valence-corrected chi connectivity index (χ2v) is 5.65. The minimum atomic E-state index is -0.149. The number of ketones is 1. The number of thiophene rings is 1. The number of amides is 1. The highest BCUT2D eigenvalue weighted by Gasteiger charge is 2.34. The van der Waals surface area contributed by atoms with Crippen LogP contribution in [0.4, 0.5) is 5.69 Å². The number of carbonyl (C=O) groups excluding carboxylic acids is 2. The van der Waals surface area contributed by atoms with Crippen LogP contribution in [0.1, 0.15) is 27.7 Å². The summed E-state index contributed by atoms with van der Waals surface area (Å²) in [6.45, 7) is 3.47. The molecule has 0 radical (unpaired) electrons. The van der Waals surface area contributed by atoms with E-state index in [0.29, 0.717) is 16.9 Å². The van der Waals surface area contributed by atoms with Gasteiger partial charge in [-0.05, 0) is 42.1 Å². The predicted molar refractivity (Wildman–Crippen MR) is 81.0 cm³/mol. The second-order valence-electron chi connectivity index (χ2n) is 4.70. The average Bonchev–Trinajstić information content (AvgIpc) is 2.94. The van der Waals surface area contributed by atoms with Gasteiger partial charge in [0.15, 0.2) is 0 Å². The zero-order chi connectivity index (χ0) is 14.3. The van der Waals surface area contributed by atoms with E-state index in [1.54, 1.807) is 23.5 Å². The van der Waals surface area contributed by atoms with Crippen LogP contribution in [0.15, 0.2) is 41.4 Å². The van der Waals surface area contributed by atoms with E-state index in [1.165, 1.54) is 11.8 Å². The Hall–Kier alpha value is -2.20. The fourth-order valence-electron chi connectivity index (χ4n) is 2.36. The number of aryl methyl sites for hydroxylation is 1. The Bertz CT molecular complexity index is 742. The van der Waals surface area contributed by atoms with Crippen LogP contribution in [0.5, 0.6) is 0 Å². The predicted octanol–water partition coefficient (Wildman–Crippen LogP) is 3.65. The largest absolute Gasteiger partial charge is 0.287 e. The van der Waals surface area contributed by atoms with Gasteiger partial charge in [-0.15, -0.1) is 11.3 Å². The molecule has 0 atom stereocenters. The first kappa shape index (κ1) is 12.8. The van der Waals surface area contributed by atoms with Crippen LogP contribution in [-0.2, 0) is 4.79 Å². The molecule has 0 aliphatic carbocycles. The van der Waals surface area contributed by atoms with Crippen LogP contribution in [-0.4, -0.2) is 11.7 Å². The van der Waals surface area contributed by atoms with Gasteiger partial charge in [0.1, 0.15) is 0 Å². The van der Waals surface area contributed by atoms with Gasteiger partial charge in [-0.3, -0.25) is 14.5 Å². The van der Waals surface area contributed by atoms with Gasteiger partial charge in [-0.2, -0.15) is 0 Å². The Kier molecular flexibility index (Phi) is 3.03. The first-order valence-electron chi connectivity index (χ1n) is 6.30. The molecule has 1 aromatic carbocycles. The number of allylic oxidation sites excluding steroid dienone is 1. The molecule has 1 amide bonds. The molecule has 1 aliphatic rings. The molecule has 20 heavy (non-hydrogen) atoms. The van der Waals surface area contributed by atoms with E-state index >= 15 is 0 Å². The lowest BCUT2D eigenvalue weighted by Crippen LogP contribution is -2.25. The maximum Gasteiger partial charge on any atom is 0.228 e. The Morgan fingerprint density at radius 3 is 2.65 bits per heavy atom. The van der Waals surface area contributed by atoms with Crippen molar-refractivity contribution in [2.75, 3.05) is 4.90 Å². The van der Waals surface area contributed by atoms with Crippen LogP contribution >= 0.6 is 11.3 Å². The van der Waals surface area contributed by atoms with Crippen molar-refractivity contribution in [2.24, 2.45) is 0 Å². The molecule has 1 aliphatic heterocycles. The van der Waals surface area contributed by atoms with E-state index in [-0.39, 0.29) is 11.7 Å². The SMILES string of the molecule is CC(=O)N1C(=Cc2sccc2C)C(=O)c2ccccc21. The third-order valence-corrected chi connectivity index (χ3v) is 4.31. The maximum atomic E-state index is 12.5. The van der Waals surface area contributed by atoms with Gasteiger partial charge in [-0.25, -0.2) is 0 Å². The normalized spacial score (nSPS) is 15.8. The molecule has 100 valence electrons. The number of nitrogens with zero attached hydrogens (tertiary/aromatic N) is 1. The molecule has 0 N–H and O–H groups in total. The van der Waals surface area contributed by atoms with E-state index in [9.17, 15) is 9.59 Å². The fraction of sp³-hybridized carbons (Fsp3) is 0.125. The Balaban J connectivity index is 2.17. The van der Waals surface area contributed by atoms with Crippen molar-refractivity contribution >= 4 is 34.8 Å². The quantitative estimate of drug-likeness (QED) is 0.749. The van der Waals surface area contributed by atoms with Gasteiger partial charge in [0, 0.05) is 17.4 Å². The van der Waals surface area contributed by atoms with E-state index in [4.69, 9.17) is 0 Å². The van der Waals surface area contributed by atoms with Crippen molar-refractivity contribution in [3.63, 3.8) is 0 Å². The molecule has 3 rings (SSSR count). The molecule has 0 unspecified atom stereocenters. The third kappa shape index (κ3) is 1.89. The highest BCUT2D eigenvalue weighted by atomic mass is 32.1. The monoisotopic (exact) mass is 283 g/mol. The van der Waals surface area contributed by atoms with Crippen molar-refractivity contribution < 1.29 is 9.59 Å². The van der Waals surface area contributed by atoms with E-state index in [2.05, 4.69) is 0 Å². The van der Waals surface area contributed by atoms with Gasteiger partial charge in [0.25, 0.3) is 0 Å². The summed E-state index contributed by atoms with van der Waals surface area (Å²) < 4.78 is 0. The fourth-order valence-corrected chi connectivity index (χ4v) is 3.21. The number of carbonyl (C=O) groups is 2. The molecular formula is C16H13NO2S. The number of hydrogen-bond acceptors (Lipinski definition) is 3. The first-order valence-corrected chi connectivity index (χ1v) is 7.18. The number of fused-ring (bicyclic) bond motifs is 1. The summed E-state index contributed by atoms with van der Waals surface area (Å²) in [5.74, 6) is -0.243. The number of benzene rings is 1. The highest BCUT2D eigenvalue weighted by molar-refractivity contribution is 7.11. The zero-order valence-corrected chi connectivity index (χ0v) is 12.0. The number of rotatable bonds is 1. The summed E-state index contributed by atoms with van der Waals surface area (Å²) in [5.41, 5.74) is 2.80.